The summed E-state index contributed by atoms with van der Waals surface area (Å²) < 4.78 is 68.9. The average Bonchev–Trinajstić information content (AvgIpc) is 0.909. The maximum absolute atomic E-state index is 13.2. The summed E-state index contributed by atoms with van der Waals surface area (Å²) in [6.07, 6.45) is 73.8. The fourth-order valence-electron chi connectivity index (χ4n) is 13.6. The molecule has 0 aromatic carbocycles. The number of phosphoric ester groups is 2. The van der Waals surface area contributed by atoms with Crippen LogP contribution in [0.2, 0.25) is 0 Å². The molecule has 106 heavy (non-hydrogen) atoms. The quantitative estimate of drug-likeness (QED) is 0.0222. The van der Waals surface area contributed by atoms with Crippen LogP contribution >= 0.6 is 15.6 Å². The molecule has 0 fully saturated rings. The van der Waals surface area contributed by atoms with Crippen LogP contribution in [0.1, 0.15) is 471 Å². The molecule has 0 saturated carbocycles. The van der Waals surface area contributed by atoms with Crippen LogP contribution in [0.4, 0.5) is 0 Å². The Labute approximate surface area is 651 Å². The summed E-state index contributed by atoms with van der Waals surface area (Å²) in [5.41, 5.74) is 0. The van der Waals surface area contributed by atoms with Gasteiger partial charge in [-0.15, -0.1) is 0 Å². The number of phosphoric acid groups is 2. The third-order valence-electron chi connectivity index (χ3n) is 20.5. The lowest BCUT2D eigenvalue weighted by Gasteiger charge is -2.21. The van der Waals surface area contributed by atoms with Crippen LogP contribution in [0.25, 0.3) is 0 Å². The van der Waals surface area contributed by atoms with Gasteiger partial charge in [-0.05, 0) is 31.6 Å². The first-order valence-electron chi connectivity index (χ1n) is 45.1. The summed E-state index contributed by atoms with van der Waals surface area (Å²) in [6.45, 7) is 7.35. The fourth-order valence-corrected chi connectivity index (χ4v) is 15.2. The van der Waals surface area contributed by atoms with E-state index >= 15 is 0 Å². The molecule has 0 spiro atoms. The van der Waals surface area contributed by atoms with Gasteiger partial charge < -0.3 is 33.8 Å². The van der Waals surface area contributed by atoms with Gasteiger partial charge in [0.2, 0.25) is 0 Å². The van der Waals surface area contributed by atoms with E-state index < -0.39 is 97.5 Å². The van der Waals surface area contributed by atoms with Crippen molar-refractivity contribution in [2.75, 3.05) is 39.6 Å². The lowest BCUT2D eigenvalue weighted by Crippen LogP contribution is -2.30. The Bertz CT molecular complexity index is 2010. The van der Waals surface area contributed by atoms with Gasteiger partial charge in [-0.3, -0.25) is 37.3 Å². The summed E-state index contributed by atoms with van der Waals surface area (Å²) in [7, 11) is -9.93. The monoisotopic (exact) mass is 1550 g/mol. The molecule has 3 N–H and O–H groups in total. The first kappa shape index (κ1) is 104. The standard InChI is InChI=1S/C87H170O17P2/c1-6-9-12-15-18-21-24-26-28-30-32-34-36-38-40-42-45-51-56-61-66-71-85(90)98-77-82(103-86(91)72-67-62-57-52-46-43-41-39-37-35-33-31-29-27-25-22-19-16-13-10-7-2)78-101-105(93,94)99-74-81(88)75-100-106(95,96)102-79-83(76-97-84(89)70-65-60-55-50-44-23-20-17-14-11-8-3)104-87(92)73-68-63-58-53-48-47-49-54-59-64-69-80(4)5/h80-83,88H,6-79H2,1-5H3,(H,93,94)(H,95,96)/t81-,82-,83-/m1/s1. The molecule has 0 aromatic heterocycles. The smallest absolute Gasteiger partial charge is 0.462 e. The molecule has 0 heterocycles. The lowest BCUT2D eigenvalue weighted by molar-refractivity contribution is -0.161. The molecule has 0 radical (unpaired) electrons. The van der Waals surface area contributed by atoms with E-state index in [4.69, 9.17) is 37.0 Å². The zero-order valence-corrected chi connectivity index (χ0v) is 71.4. The molecule has 19 heteroatoms. The van der Waals surface area contributed by atoms with Crippen LogP contribution in [-0.2, 0) is 65.4 Å². The number of aliphatic hydroxyl groups excluding tert-OH is 1. The van der Waals surface area contributed by atoms with Crippen molar-refractivity contribution in [3.8, 4) is 0 Å². The molecule has 0 aliphatic heterocycles. The van der Waals surface area contributed by atoms with Crippen LogP contribution in [0.3, 0.4) is 0 Å². The molecule has 5 atom stereocenters. The van der Waals surface area contributed by atoms with Gasteiger partial charge in [0, 0.05) is 25.7 Å². The highest BCUT2D eigenvalue weighted by Crippen LogP contribution is 2.45. The number of carbonyl (C=O) groups excluding carboxylic acids is 4. The van der Waals surface area contributed by atoms with Gasteiger partial charge in [0.05, 0.1) is 26.4 Å². The molecule has 0 aromatic rings. The van der Waals surface area contributed by atoms with Crippen molar-refractivity contribution in [3.05, 3.63) is 0 Å². The number of ether oxygens (including phenoxy) is 4. The van der Waals surface area contributed by atoms with Crippen molar-refractivity contribution in [1.82, 2.24) is 0 Å². The maximum atomic E-state index is 13.2. The van der Waals surface area contributed by atoms with Crippen molar-refractivity contribution in [2.24, 2.45) is 5.92 Å². The Hall–Kier alpha value is -1.94. The summed E-state index contributed by atoms with van der Waals surface area (Å²) in [4.78, 5) is 73.2. The number of hydrogen-bond acceptors (Lipinski definition) is 15. The normalized spacial score (nSPS) is 13.7. The number of rotatable bonds is 87. The van der Waals surface area contributed by atoms with Gasteiger partial charge in [-0.25, -0.2) is 9.13 Å². The third-order valence-corrected chi connectivity index (χ3v) is 22.4. The molecule has 17 nitrogen and oxygen atoms in total. The minimum atomic E-state index is -4.97. The van der Waals surface area contributed by atoms with Crippen LogP contribution in [0, 0.1) is 5.92 Å². The second-order valence-electron chi connectivity index (χ2n) is 31.8. The van der Waals surface area contributed by atoms with Crippen LogP contribution in [-0.4, -0.2) is 96.7 Å². The third kappa shape index (κ3) is 80.1. The molecular formula is C87H170O17P2. The molecular weight excluding hydrogens is 1380 g/mol. The summed E-state index contributed by atoms with van der Waals surface area (Å²) >= 11 is 0. The van der Waals surface area contributed by atoms with Crippen molar-refractivity contribution >= 4 is 39.5 Å². The second kappa shape index (κ2) is 79.7. The zero-order valence-electron chi connectivity index (χ0n) is 69.6. The summed E-state index contributed by atoms with van der Waals surface area (Å²) in [5, 5.41) is 10.7. The largest absolute Gasteiger partial charge is 0.472 e. The number of hydrogen-bond donors (Lipinski definition) is 3. The Morgan fingerprint density at radius 3 is 0.642 bits per heavy atom. The van der Waals surface area contributed by atoms with Crippen molar-refractivity contribution in [1.29, 1.82) is 0 Å². The number of esters is 4. The van der Waals surface area contributed by atoms with E-state index in [-0.39, 0.29) is 25.7 Å². The van der Waals surface area contributed by atoms with Crippen LogP contribution in [0.15, 0.2) is 0 Å². The number of aliphatic hydroxyl groups is 1. The minimum Gasteiger partial charge on any atom is -0.462 e. The Balaban J connectivity index is 5.21. The van der Waals surface area contributed by atoms with Gasteiger partial charge in [-0.1, -0.05) is 420 Å². The van der Waals surface area contributed by atoms with Gasteiger partial charge in [-0.2, -0.15) is 0 Å². The molecule has 2 unspecified atom stereocenters. The van der Waals surface area contributed by atoms with Gasteiger partial charge in [0.15, 0.2) is 12.2 Å². The van der Waals surface area contributed by atoms with E-state index in [1.165, 1.54) is 295 Å². The zero-order chi connectivity index (χ0) is 77.6. The average molecular weight is 1550 g/mol. The van der Waals surface area contributed by atoms with E-state index in [9.17, 15) is 43.2 Å². The summed E-state index contributed by atoms with van der Waals surface area (Å²) in [5.74, 6) is -1.35. The lowest BCUT2D eigenvalue weighted by atomic mass is 10.0. The first-order valence-corrected chi connectivity index (χ1v) is 48.1. The number of carbonyl (C=O) groups is 4. The molecule has 0 rings (SSSR count). The maximum Gasteiger partial charge on any atom is 0.472 e. The Morgan fingerprint density at radius 1 is 0.255 bits per heavy atom. The second-order valence-corrected chi connectivity index (χ2v) is 34.7. The van der Waals surface area contributed by atoms with E-state index in [2.05, 4.69) is 34.6 Å². The first-order chi connectivity index (χ1) is 51.5. The molecule has 0 amide bonds. The molecule has 0 bridgehead atoms. The predicted molar refractivity (Wildman–Crippen MR) is 437 cm³/mol. The SMILES string of the molecule is CCCCCCCCCCCCCCCCCCCCCCCC(=O)OC[C@H](COP(=O)(O)OC[C@@H](O)COP(=O)(O)OC[C@@H](COC(=O)CCCCCCCCCCCCC)OC(=O)CCCCCCCCCCCCC(C)C)OC(=O)CCCCCCCCCCCCCCCCCCCCCCC. The van der Waals surface area contributed by atoms with Crippen molar-refractivity contribution in [2.45, 2.75) is 490 Å². The number of unbranched alkanes of at least 4 members (excludes halogenated alkanes) is 59. The van der Waals surface area contributed by atoms with E-state index in [1.807, 2.05) is 0 Å². The fraction of sp³-hybridized carbons (Fsp3) is 0.954. The molecule has 0 saturated heterocycles. The topological polar surface area (TPSA) is 237 Å². The van der Waals surface area contributed by atoms with Gasteiger partial charge in [0.25, 0.3) is 0 Å². The molecule has 0 aliphatic carbocycles. The predicted octanol–water partition coefficient (Wildman–Crippen LogP) is 26.8. The van der Waals surface area contributed by atoms with Crippen LogP contribution in [0.5, 0.6) is 0 Å². The van der Waals surface area contributed by atoms with Gasteiger partial charge in [0.1, 0.15) is 19.3 Å². The van der Waals surface area contributed by atoms with Crippen molar-refractivity contribution < 1.29 is 80.2 Å². The molecule has 630 valence electrons. The van der Waals surface area contributed by atoms with Crippen molar-refractivity contribution in [3.63, 3.8) is 0 Å². The highest BCUT2D eigenvalue weighted by Gasteiger charge is 2.30. The van der Waals surface area contributed by atoms with Gasteiger partial charge >= 0.3 is 39.5 Å². The van der Waals surface area contributed by atoms with E-state index in [1.54, 1.807) is 0 Å². The highest BCUT2D eigenvalue weighted by atomic mass is 31.2. The highest BCUT2D eigenvalue weighted by molar-refractivity contribution is 7.47. The summed E-state index contributed by atoms with van der Waals surface area (Å²) in [6, 6.07) is 0. The van der Waals surface area contributed by atoms with E-state index in [0.29, 0.717) is 25.7 Å². The van der Waals surface area contributed by atoms with Crippen LogP contribution < -0.4 is 0 Å². The Kier molecular flexibility index (Phi) is 78.2. The molecule has 0 aliphatic rings. The minimum absolute atomic E-state index is 0.107. The Morgan fingerprint density at radius 2 is 0.434 bits per heavy atom. The van der Waals surface area contributed by atoms with E-state index in [0.717, 1.165) is 95.8 Å².